The third-order valence-corrected chi connectivity index (χ3v) is 5.64. The van der Waals surface area contributed by atoms with Gasteiger partial charge in [-0.15, -0.1) is 0 Å². The first-order valence-electron chi connectivity index (χ1n) is 10.6. The lowest BCUT2D eigenvalue weighted by atomic mass is 10.1. The Bertz CT molecular complexity index is 1160. The van der Waals surface area contributed by atoms with Crippen molar-refractivity contribution in [1.82, 2.24) is 19.8 Å². The predicted octanol–water partition coefficient (Wildman–Crippen LogP) is 5.15. The van der Waals surface area contributed by atoms with Gasteiger partial charge in [0.2, 0.25) is 5.96 Å². The molecule has 2 aromatic carbocycles. The zero-order valence-corrected chi connectivity index (χ0v) is 18.0. The number of nitrogens with one attached hydrogen (secondary N) is 1. The number of halogens is 3. The topological polar surface area (TPSA) is 69.2 Å². The fraction of sp³-hybridized carbons (Fsp3) is 0.292. The van der Waals surface area contributed by atoms with Gasteiger partial charge in [-0.25, -0.2) is 9.98 Å². The maximum atomic E-state index is 12.9. The van der Waals surface area contributed by atoms with E-state index in [1.807, 2.05) is 24.2 Å². The SMILES string of the molecule is Cc1ccc(Cn2ccnc2C2CCCN2C(=Nc2ccc(C(F)(F)F)cc2)NC#N)cc1. The average Bonchev–Trinajstić information content (AvgIpc) is 3.44. The van der Waals surface area contributed by atoms with E-state index in [1.165, 1.54) is 17.7 Å². The zero-order chi connectivity index (χ0) is 23.4. The van der Waals surface area contributed by atoms with E-state index >= 15 is 0 Å². The van der Waals surface area contributed by atoms with Crippen molar-refractivity contribution in [2.24, 2.45) is 4.99 Å². The molecule has 0 spiro atoms. The molecular weight excluding hydrogens is 429 g/mol. The number of benzene rings is 2. The number of hydrogen-bond acceptors (Lipinski definition) is 3. The molecule has 33 heavy (non-hydrogen) atoms. The maximum absolute atomic E-state index is 12.9. The van der Waals surface area contributed by atoms with E-state index < -0.39 is 11.7 Å². The van der Waals surface area contributed by atoms with Gasteiger partial charge in [-0.1, -0.05) is 29.8 Å². The molecule has 0 radical (unpaired) electrons. The van der Waals surface area contributed by atoms with E-state index in [2.05, 4.69) is 44.1 Å². The molecule has 0 saturated carbocycles. The van der Waals surface area contributed by atoms with Crippen LogP contribution in [-0.2, 0) is 12.7 Å². The number of aromatic nitrogens is 2. The number of guanidine groups is 1. The first kappa shape index (κ1) is 22.4. The number of imidazole rings is 1. The van der Waals surface area contributed by atoms with Crippen molar-refractivity contribution >= 4 is 11.6 Å². The molecule has 1 fully saturated rings. The Hall–Kier alpha value is -3.80. The number of nitrogens with zero attached hydrogens (tertiary/aromatic N) is 5. The zero-order valence-electron chi connectivity index (χ0n) is 18.0. The van der Waals surface area contributed by atoms with Crippen LogP contribution in [0.1, 0.15) is 41.4 Å². The summed E-state index contributed by atoms with van der Waals surface area (Å²) in [5.74, 6) is 1.15. The van der Waals surface area contributed by atoms with Crippen LogP contribution in [-0.4, -0.2) is 27.0 Å². The van der Waals surface area contributed by atoms with Gasteiger partial charge in [-0.3, -0.25) is 5.32 Å². The Balaban J connectivity index is 1.60. The molecule has 1 saturated heterocycles. The summed E-state index contributed by atoms with van der Waals surface area (Å²) in [5, 5.41) is 11.9. The quantitative estimate of drug-likeness (QED) is 0.257. The largest absolute Gasteiger partial charge is 0.416 e. The Morgan fingerprint density at radius 1 is 1.18 bits per heavy atom. The summed E-state index contributed by atoms with van der Waals surface area (Å²) in [6.45, 7) is 3.36. The number of hydrogen-bond donors (Lipinski definition) is 1. The Morgan fingerprint density at radius 3 is 2.58 bits per heavy atom. The van der Waals surface area contributed by atoms with Crippen molar-refractivity contribution in [2.45, 2.75) is 38.5 Å². The van der Waals surface area contributed by atoms with Gasteiger partial charge in [-0.05, 0) is 49.6 Å². The van der Waals surface area contributed by atoms with Crippen molar-refractivity contribution in [3.8, 4) is 6.19 Å². The maximum Gasteiger partial charge on any atom is 0.416 e. The fourth-order valence-corrected chi connectivity index (χ4v) is 3.99. The van der Waals surface area contributed by atoms with Crippen molar-refractivity contribution in [1.29, 1.82) is 5.26 Å². The van der Waals surface area contributed by atoms with Crippen molar-refractivity contribution < 1.29 is 13.2 Å². The van der Waals surface area contributed by atoms with E-state index in [-0.39, 0.29) is 6.04 Å². The van der Waals surface area contributed by atoms with Gasteiger partial charge in [0.1, 0.15) is 5.82 Å². The first-order chi connectivity index (χ1) is 15.8. The van der Waals surface area contributed by atoms with E-state index in [0.29, 0.717) is 24.7 Å². The van der Waals surface area contributed by atoms with E-state index in [4.69, 9.17) is 0 Å². The Kier molecular flexibility index (Phi) is 6.36. The highest BCUT2D eigenvalue weighted by molar-refractivity contribution is 5.84. The number of aliphatic imine (C=N–C) groups is 1. The molecule has 2 heterocycles. The van der Waals surface area contributed by atoms with Crippen LogP contribution in [0.3, 0.4) is 0 Å². The lowest BCUT2D eigenvalue weighted by Gasteiger charge is -2.27. The van der Waals surface area contributed by atoms with Gasteiger partial charge >= 0.3 is 6.18 Å². The normalized spacial score (nSPS) is 16.6. The lowest BCUT2D eigenvalue weighted by Crippen LogP contribution is -2.39. The van der Waals surface area contributed by atoms with Crippen LogP contribution >= 0.6 is 0 Å². The van der Waals surface area contributed by atoms with Crippen LogP contribution in [0.25, 0.3) is 0 Å². The summed E-state index contributed by atoms with van der Waals surface area (Å²) in [4.78, 5) is 11.0. The van der Waals surface area contributed by atoms with Gasteiger partial charge in [0.15, 0.2) is 6.19 Å². The molecule has 0 bridgehead atoms. The van der Waals surface area contributed by atoms with E-state index in [9.17, 15) is 18.4 Å². The molecule has 1 N–H and O–H groups in total. The standard InChI is InChI=1S/C24H23F3N6/c1-17-4-6-18(7-5-17)15-32-14-12-29-22(32)21-3-2-13-33(21)23(30-16-28)31-20-10-8-19(9-11-20)24(25,26)27/h4-12,14,21H,2-3,13,15H2,1H3,(H,30,31). The smallest absolute Gasteiger partial charge is 0.332 e. The van der Waals surface area contributed by atoms with E-state index in [0.717, 1.165) is 36.4 Å². The molecule has 3 aromatic rings. The minimum atomic E-state index is -4.41. The van der Waals surface area contributed by atoms with Gasteiger partial charge in [-0.2, -0.15) is 18.4 Å². The molecule has 170 valence electrons. The van der Waals surface area contributed by atoms with Crippen LogP contribution < -0.4 is 5.32 Å². The van der Waals surface area contributed by atoms with Crippen LogP contribution in [0.15, 0.2) is 65.9 Å². The Morgan fingerprint density at radius 2 is 1.91 bits per heavy atom. The van der Waals surface area contributed by atoms with Crippen molar-refractivity contribution in [2.75, 3.05) is 6.54 Å². The fourth-order valence-electron chi connectivity index (χ4n) is 3.99. The average molecular weight is 452 g/mol. The second-order valence-corrected chi connectivity index (χ2v) is 7.97. The summed E-state index contributed by atoms with van der Waals surface area (Å²) in [5.41, 5.74) is 1.93. The van der Waals surface area contributed by atoms with Crippen LogP contribution in [0, 0.1) is 18.4 Å². The number of nitriles is 1. The van der Waals surface area contributed by atoms with E-state index in [1.54, 1.807) is 6.20 Å². The van der Waals surface area contributed by atoms with Gasteiger partial charge in [0.25, 0.3) is 0 Å². The minimum absolute atomic E-state index is 0.112. The van der Waals surface area contributed by atoms with Crippen molar-refractivity contribution in [3.63, 3.8) is 0 Å². The molecule has 6 nitrogen and oxygen atoms in total. The van der Waals surface area contributed by atoms with Gasteiger partial charge in [0.05, 0.1) is 17.3 Å². The number of rotatable bonds is 4. The summed E-state index contributed by atoms with van der Waals surface area (Å²) >= 11 is 0. The number of aryl methyl sites for hydroxylation is 1. The molecule has 1 aliphatic heterocycles. The molecule has 1 aliphatic rings. The second kappa shape index (κ2) is 9.36. The molecule has 0 amide bonds. The minimum Gasteiger partial charge on any atom is -0.332 e. The van der Waals surface area contributed by atoms with Crippen LogP contribution in [0.2, 0.25) is 0 Å². The van der Waals surface area contributed by atoms with Crippen LogP contribution in [0.4, 0.5) is 18.9 Å². The number of likely N-dealkylation sites (tertiary alicyclic amines) is 1. The highest BCUT2D eigenvalue weighted by Gasteiger charge is 2.32. The molecular formula is C24H23F3N6. The molecule has 1 aromatic heterocycles. The summed E-state index contributed by atoms with van der Waals surface area (Å²) in [6, 6.07) is 12.8. The molecule has 4 rings (SSSR count). The molecule has 9 heteroatoms. The monoisotopic (exact) mass is 452 g/mol. The van der Waals surface area contributed by atoms with Crippen LogP contribution in [0.5, 0.6) is 0 Å². The molecule has 0 aliphatic carbocycles. The second-order valence-electron chi connectivity index (χ2n) is 7.97. The Labute approximate surface area is 190 Å². The summed E-state index contributed by atoms with van der Waals surface area (Å²) < 4.78 is 40.7. The summed E-state index contributed by atoms with van der Waals surface area (Å²) in [6.07, 6.45) is 2.87. The molecule has 1 unspecified atom stereocenters. The lowest BCUT2D eigenvalue weighted by molar-refractivity contribution is -0.137. The van der Waals surface area contributed by atoms with Gasteiger partial charge < -0.3 is 9.47 Å². The third kappa shape index (κ3) is 5.17. The first-order valence-corrected chi connectivity index (χ1v) is 10.6. The van der Waals surface area contributed by atoms with Gasteiger partial charge in [0, 0.05) is 25.5 Å². The highest BCUT2D eigenvalue weighted by Crippen LogP contribution is 2.33. The highest BCUT2D eigenvalue weighted by atomic mass is 19.4. The number of alkyl halides is 3. The van der Waals surface area contributed by atoms with Crippen molar-refractivity contribution in [3.05, 3.63) is 83.4 Å². The third-order valence-electron chi connectivity index (χ3n) is 5.64. The molecule has 1 atom stereocenters. The predicted molar refractivity (Wildman–Crippen MR) is 118 cm³/mol. The summed E-state index contributed by atoms with van der Waals surface area (Å²) in [7, 11) is 0.